The first kappa shape index (κ1) is 20.6. The number of halogens is 2. The summed E-state index contributed by atoms with van der Waals surface area (Å²) < 4.78 is 0. The predicted octanol–water partition coefficient (Wildman–Crippen LogP) is 1.40. The van der Waals surface area contributed by atoms with Gasteiger partial charge in [-0.2, -0.15) is 0 Å². The van der Waals surface area contributed by atoms with Gasteiger partial charge in [-0.1, -0.05) is 45.2 Å². The smallest absolute Gasteiger partial charge is 0.0259 e. The molecule has 0 bridgehead atoms. The van der Waals surface area contributed by atoms with Gasteiger partial charge in [0.15, 0.2) is 0 Å². The SMILES string of the molecule is CI.CI.CN(C)CCNN1CCN(C)CC1. The average molecular weight is 470 g/mol. The zero-order chi connectivity index (χ0) is 13.7. The number of nitrogens with zero attached hydrogens (tertiary/aromatic N) is 3. The van der Waals surface area contributed by atoms with Crippen molar-refractivity contribution in [2.24, 2.45) is 0 Å². The monoisotopic (exact) mass is 470 g/mol. The van der Waals surface area contributed by atoms with Gasteiger partial charge in [0.1, 0.15) is 0 Å². The molecule has 0 aromatic heterocycles. The highest BCUT2D eigenvalue weighted by atomic mass is 127. The van der Waals surface area contributed by atoms with E-state index >= 15 is 0 Å². The van der Waals surface area contributed by atoms with Crippen LogP contribution >= 0.6 is 45.2 Å². The maximum Gasteiger partial charge on any atom is 0.0259 e. The Bertz CT molecular complexity index is 139. The normalized spacial score (nSPS) is 16.9. The molecular weight excluding hydrogens is 442 g/mol. The second kappa shape index (κ2) is 15.4. The molecule has 0 spiro atoms. The molecule has 0 aromatic carbocycles. The first-order valence-electron chi connectivity index (χ1n) is 5.76. The molecule has 1 N–H and O–H groups in total. The number of nitrogens with one attached hydrogen (secondary N) is 1. The number of rotatable bonds is 4. The van der Waals surface area contributed by atoms with Crippen molar-refractivity contribution < 1.29 is 0 Å². The third kappa shape index (κ3) is 13.5. The van der Waals surface area contributed by atoms with E-state index in [4.69, 9.17) is 0 Å². The minimum Gasteiger partial charge on any atom is -0.308 e. The topological polar surface area (TPSA) is 21.8 Å². The average Bonchev–Trinajstić information content (AvgIpc) is 2.36. The number of hydrazine groups is 1. The van der Waals surface area contributed by atoms with E-state index in [9.17, 15) is 0 Å². The lowest BCUT2D eigenvalue weighted by Gasteiger charge is -2.32. The molecule has 106 valence electrons. The maximum atomic E-state index is 3.44. The van der Waals surface area contributed by atoms with Gasteiger partial charge in [0.05, 0.1) is 0 Å². The molecule has 0 unspecified atom stereocenters. The van der Waals surface area contributed by atoms with Crippen molar-refractivity contribution >= 4 is 45.2 Å². The van der Waals surface area contributed by atoms with Crippen LogP contribution in [0, 0.1) is 0 Å². The summed E-state index contributed by atoms with van der Waals surface area (Å²) in [6.45, 7) is 6.79. The second-order valence-electron chi connectivity index (χ2n) is 4.00. The van der Waals surface area contributed by atoms with Crippen molar-refractivity contribution in [2.75, 3.05) is 70.3 Å². The molecule has 0 radical (unpaired) electrons. The molecular formula is C11H28I2N4. The Kier molecular flexibility index (Phi) is 18.6. The number of likely N-dealkylation sites (N-methyl/N-ethyl adjacent to an activating group) is 2. The minimum absolute atomic E-state index is 1.05. The molecule has 1 saturated heterocycles. The number of alkyl halides is 2. The summed E-state index contributed by atoms with van der Waals surface area (Å²) in [6, 6.07) is 0. The lowest BCUT2D eigenvalue weighted by Crippen LogP contribution is -2.51. The highest BCUT2D eigenvalue weighted by Gasteiger charge is 2.12. The van der Waals surface area contributed by atoms with Gasteiger partial charge in [0.2, 0.25) is 0 Å². The Morgan fingerprint density at radius 3 is 1.88 bits per heavy atom. The summed E-state index contributed by atoms with van der Waals surface area (Å²) >= 11 is 4.30. The lowest BCUT2D eigenvalue weighted by atomic mass is 10.4. The molecule has 17 heavy (non-hydrogen) atoms. The number of hydrogen-bond donors (Lipinski definition) is 1. The number of piperazine rings is 1. The largest absolute Gasteiger partial charge is 0.308 e. The van der Waals surface area contributed by atoms with Crippen molar-refractivity contribution in [3.05, 3.63) is 0 Å². The fraction of sp³-hybridized carbons (Fsp3) is 1.00. The molecule has 1 heterocycles. The Morgan fingerprint density at radius 2 is 1.47 bits per heavy atom. The molecule has 4 nitrogen and oxygen atoms in total. The Hall–Kier alpha value is 1.30. The Balaban J connectivity index is 0. The number of hydrogen-bond acceptors (Lipinski definition) is 4. The van der Waals surface area contributed by atoms with E-state index in [2.05, 4.69) is 86.6 Å². The molecule has 0 atom stereocenters. The fourth-order valence-corrected chi connectivity index (χ4v) is 1.40. The molecule has 0 aliphatic carbocycles. The summed E-state index contributed by atoms with van der Waals surface area (Å²) in [5, 5.41) is 2.32. The Morgan fingerprint density at radius 1 is 1.00 bits per heavy atom. The van der Waals surface area contributed by atoms with Gasteiger partial charge in [0.25, 0.3) is 0 Å². The van der Waals surface area contributed by atoms with Crippen LogP contribution in [0.2, 0.25) is 0 Å². The summed E-state index contributed by atoms with van der Waals surface area (Å²) in [6.07, 6.45) is 0. The minimum atomic E-state index is 1.05. The van der Waals surface area contributed by atoms with E-state index in [1.54, 1.807) is 0 Å². The van der Waals surface area contributed by atoms with Gasteiger partial charge in [-0.25, -0.2) is 5.01 Å². The van der Waals surface area contributed by atoms with Gasteiger partial charge >= 0.3 is 0 Å². The molecule has 0 saturated carbocycles. The van der Waals surface area contributed by atoms with Gasteiger partial charge in [-0.05, 0) is 31.0 Å². The lowest BCUT2D eigenvalue weighted by molar-refractivity contribution is 0.102. The van der Waals surface area contributed by atoms with E-state index in [0.29, 0.717) is 0 Å². The van der Waals surface area contributed by atoms with E-state index in [1.165, 1.54) is 13.1 Å². The van der Waals surface area contributed by atoms with E-state index < -0.39 is 0 Å². The molecule has 1 aliphatic heterocycles. The van der Waals surface area contributed by atoms with Crippen LogP contribution in [0.4, 0.5) is 0 Å². The summed E-state index contributed by atoms with van der Waals surface area (Å²) in [4.78, 5) is 8.50. The molecule has 6 heteroatoms. The molecule has 1 fully saturated rings. The second-order valence-corrected chi connectivity index (χ2v) is 4.00. The van der Waals surface area contributed by atoms with Crippen molar-refractivity contribution in [3.63, 3.8) is 0 Å². The van der Waals surface area contributed by atoms with Crippen LogP contribution in [0.1, 0.15) is 0 Å². The Labute approximate surface area is 135 Å². The molecule has 1 rings (SSSR count). The van der Waals surface area contributed by atoms with Gasteiger partial charge < -0.3 is 9.80 Å². The van der Waals surface area contributed by atoms with Gasteiger partial charge in [-0.15, -0.1) is 0 Å². The van der Waals surface area contributed by atoms with Crippen LogP contribution in [0.15, 0.2) is 0 Å². The van der Waals surface area contributed by atoms with Crippen molar-refractivity contribution in [2.45, 2.75) is 0 Å². The van der Waals surface area contributed by atoms with E-state index in [0.717, 1.165) is 26.2 Å². The summed E-state index contributed by atoms with van der Waals surface area (Å²) in [7, 11) is 6.38. The highest BCUT2D eigenvalue weighted by molar-refractivity contribution is 14.1. The maximum absolute atomic E-state index is 3.44. The van der Waals surface area contributed by atoms with Crippen molar-refractivity contribution in [3.8, 4) is 0 Å². The standard InChI is InChI=1S/C9H22N4.2CH3I/c1-11(2)5-4-10-13-8-6-12(3)7-9-13;2*1-2/h10H,4-9H2,1-3H3;2*1H3. The third-order valence-electron chi connectivity index (χ3n) is 2.40. The first-order valence-corrected chi connectivity index (χ1v) is 10.1. The van der Waals surface area contributed by atoms with Crippen LogP contribution in [-0.4, -0.2) is 85.1 Å². The van der Waals surface area contributed by atoms with Crippen molar-refractivity contribution in [1.29, 1.82) is 0 Å². The zero-order valence-corrected chi connectivity index (χ0v) is 16.2. The zero-order valence-electron chi connectivity index (χ0n) is 11.8. The van der Waals surface area contributed by atoms with Gasteiger partial charge in [-0.3, -0.25) is 5.43 Å². The quantitative estimate of drug-likeness (QED) is 0.496. The molecule has 0 amide bonds. The van der Waals surface area contributed by atoms with Crippen LogP contribution < -0.4 is 5.43 Å². The fourth-order valence-electron chi connectivity index (χ4n) is 1.40. The highest BCUT2D eigenvalue weighted by Crippen LogP contribution is 1.94. The van der Waals surface area contributed by atoms with E-state index in [-0.39, 0.29) is 0 Å². The van der Waals surface area contributed by atoms with Crippen LogP contribution in [0.3, 0.4) is 0 Å². The molecule has 0 aromatic rings. The first-order chi connectivity index (χ1) is 8.18. The molecule has 1 aliphatic rings. The predicted molar refractivity (Wildman–Crippen MR) is 95.5 cm³/mol. The summed E-state index contributed by atoms with van der Waals surface area (Å²) in [5.74, 6) is 0. The van der Waals surface area contributed by atoms with E-state index in [1.807, 2.05) is 9.86 Å². The van der Waals surface area contributed by atoms with Crippen LogP contribution in [0.25, 0.3) is 0 Å². The summed E-state index contributed by atoms with van der Waals surface area (Å²) in [5.41, 5.74) is 3.44. The van der Waals surface area contributed by atoms with Crippen LogP contribution in [-0.2, 0) is 0 Å². The van der Waals surface area contributed by atoms with Crippen molar-refractivity contribution in [1.82, 2.24) is 20.2 Å². The van der Waals surface area contributed by atoms with Gasteiger partial charge in [0, 0.05) is 39.3 Å². The van der Waals surface area contributed by atoms with Crippen LogP contribution in [0.5, 0.6) is 0 Å². The third-order valence-corrected chi connectivity index (χ3v) is 2.40.